The molecular weight excluding hydrogens is 308 g/mol. The summed E-state index contributed by atoms with van der Waals surface area (Å²) in [5, 5.41) is 7.71. The van der Waals surface area contributed by atoms with Crippen LogP contribution in [0.15, 0.2) is 42.5 Å². The highest BCUT2D eigenvalue weighted by molar-refractivity contribution is 6.33. The van der Waals surface area contributed by atoms with E-state index in [2.05, 4.69) is 28.8 Å². The number of nitrogens with one attached hydrogen (secondary N) is 2. The molecule has 1 heterocycles. The summed E-state index contributed by atoms with van der Waals surface area (Å²) in [5.41, 5.74) is 5.03. The molecule has 0 atom stereocenters. The van der Waals surface area contributed by atoms with Crippen LogP contribution in [0.2, 0.25) is 5.02 Å². The lowest BCUT2D eigenvalue weighted by Crippen LogP contribution is -2.16. The van der Waals surface area contributed by atoms with Gasteiger partial charge in [-0.2, -0.15) is 0 Å². The second-order valence-electron chi connectivity index (χ2n) is 5.78. The number of fused-ring (bicyclic) bond motifs is 1. The van der Waals surface area contributed by atoms with Gasteiger partial charge in [-0.3, -0.25) is 0 Å². The van der Waals surface area contributed by atoms with E-state index in [1.807, 2.05) is 24.3 Å². The molecule has 1 aliphatic rings. The second kappa shape index (κ2) is 8.34. The summed E-state index contributed by atoms with van der Waals surface area (Å²) in [6, 6.07) is 14.4. The van der Waals surface area contributed by atoms with Gasteiger partial charge < -0.3 is 15.4 Å². The zero-order valence-corrected chi connectivity index (χ0v) is 14.0. The van der Waals surface area contributed by atoms with Gasteiger partial charge in [0.05, 0.1) is 23.9 Å². The van der Waals surface area contributed by atoms with Crippen molar-refractivity contribution in [1.82, 2.24) is 5.32 Å². The molecule has 0 unspecified atom stereocenters. The Labute approximate surface area is 143 Å². The summed E-state index contributed by atoms with van der Waals surface area (Å²) in [6.45, 7) is 4.11. The average molecular weight is 331 g/mol. The van der Waals surface area contributed by atoms with Gasteiger partial charge in [-0.25, -0.2) is 0 Å². The zero-order chi connectivity index (χ0) is 15.9. The third-order valence-electron chi connectivity index (χ3n) is 4.14. The number of benzene rings is 2. The van der Waals surface area contributed by atoms with Crippen molar-refractivity contribution in [2.75, 3.05) is 31.6 Å². The molecule has 0 fully saturated rings. The van der Waals surface area contributed by atoms with Crippen LogP contribution in [-0.4, -0.2) is 26.2 Å². The molecule has 2 aromatic carbocycles. The van der Waals surface area contributed by atoms with Gasteiger partial charge in [0.15, 0.2) is 0 Å². The van der Waals surface area contributed by atoms with Crippen LogP contribution in [0.1, 0.15) is 16.7 Å². The summed E-state index contributed by atoms with van der Waals surface area (Å²) in [4.78, 5) is 0. The minimum atomic E-state index is 0.646. The van der Waals surface area contributed by atoms with E-state index in [0.29, 0.717) is 13.2 Å². The van der Waals surface area contributed by atoms with Crippen LogP contribution < -0.4 is 10.6 Å². The lowest BCUT2D eigenvalue weighted by atomic mass is 10.0. The van der Waals surface area contributed by atoms with Crippen molar-refractivity contribution in [3.8, 4) is 0 Å². The Balaban J connectivity index is 1.54. The molecule has 0 aliphatic carbocycles. The van der Waals surface area contributed by atoms with Gasteiger partial charge in [-0.1, -0.05) is 48.0 Å². The fourth-order valence-electron chi connectivity index (χ4n) is 2.95. The fraction of sp³-hybridized carbons (Fsp3) is 0.368. The highest BCUT2D eigenvalue weighted by Crippen LogP contribution is 2.30. The third-order valence-corrected chi connectivity index (χ3v) is 4.46. The van der Waals surface area contributed by atoms with Crippen molar-refractivity contribution >= 4 is 17.3 Å². The molecule has 0 aromatic heterocycles. The maximum absolute atomic E-state index is 6.40. The first-order chi connectivity index (χ1) is 11.3. The highest BCUT2D eigenvalue weighted by atomic mass is 35.5. The molecule has 4 heteroatoms. The molecule has 0 saturated carbocycles. The number of ether oxygens (including phenoxy) is 1. The standard InChI is InChI=1S/C19H23ClN2O/c20-18-7-6-16-8-10-21-11-9-17(16)19(18)22-12-13-23-14-15-4-2-1-3-5-15/h1-7,21-22H,8-14H2. The Bertz CT molecular complexity index is 631. The lowest BCUT2D eigenvalue weighted by molar-refractivity contribution is 0.130. The predicted molar refractivity (Wildman–Crippen MR) is 96.3 cm³/mol. The van der Waals surface area contributed by atoms with Gasteiger partial charge in [-0.05, 0) is 48.7 Å². The van der Waals surface area contributed by atoms with Crippen LogP contribution in [0.5, 0.6) is 0 Å². The normalized spacial score (nSPS) is 14.1. The Morgan fingerprint density at radius 1 is 1.04 bits per heavy atom. The largest absolute Gasteiger partial charge is 0.381 e. The van der Waals surface area contributed by atoms with E-state index < -0.39 is 0 Å². The first kappa shape index (κ1) is 16.3. The maximum Gasteiger partial charge on any atom is 0.0717 e. The highest BCUT2D eigenvalue weighted by Gasteiger charge is 2.14. The van der Waals surface area contributed by atoms with Crippen LogP contribution in [0.4, 0.5) is 5.69 Å². The first-order valence-electron chi connectivity index (χ1n) is 8.21. The molecule has 2 N–H and O–H groups in total. The van der Waals surface area contributed by atoms with Crippen LogP contribution >= 0.6 is 11.6 Å². The number of halogens is 1. The van der Waals surface area contributed by atoms with Crippen molar-refractivity contribution in [2.45, 2.75) is 19.4 Å². The first-order valence-corrected chi connectivity index (χ1v) is 8.59. The molecule has 1 aliphatic heterocycles. The van der Waals surface area contributed by atoms with Crippen molar-refractivity contribution in [3.63, 3.8) is 0 Å². The van der Waals surface area contributed by atoms with Crippen LogP contribution in [0.3, 0.4) is 0 Å². The topological polar surface area (TPSA) is 33.3 Å². The molecule has 3 nitrogen and oxygen atoms in total. The van der Waals surface area contributed by atoms with Crippen molar-refractivity contribution in [3.05, 3.63) is 64.2 Å². The molecule has 0 bridgehead atoms. The van der Waals surface area contributed by atoms with E-state index in [9.17, 15) is 0 Å². The summed E-state index contributed by atoms with van der Waals surface area (Å²) >= 11 is 6.40. The third kappa shape index (κ3) is 4.47. The quantitative estimate of drug-likeness (QED) is 0.793. The Morgan fingerprint density at radius 2 is 1.87 bits per heavy atom. The van der Waals surface area contributed by atoms with E-state index in [1.165, 1.54) is 16.7 Å². The predicted octanol–water partition coefficient (Wildman–Crippen LogP) is 3.66. The maximum atomic E-state index is 6.40. The molecular formula is C19H23ClN2O. The van der Waals surface area contributed by atoms with Gasteiger partial charge in [0, 0.05) is 6.54 Å². The summed E-state index contributed by atoms with van der Waals surface area (Å²) in [6.07, 6.45) is 2.08. The van der Waals surface area contributed by atoms with Gasteiger partial charge >= 0.3 is 0 Å². The van der Waals surface area contributed by atoms with Gasteiger partial charge in [-0.15, -0.1) is 0 Å². The molecule has 0 saturated heterocycles. The monoisotopic (exact) mass is 330 g/mol. The number of anilines is 1. The molecule has 0 radical (unpaired) electrons. The van der Waals surface area contributed by atoms with E-state index >= 15 is 0 Å². The molecule has 0 amide bonds. The Morgan fingerprint density at radius 3 is 2.74 bits per heavy atom. The smallest absolute Gasteiger partial charge is 0.0717 e. The van der Waals surface area contributed by atoms with Crippen LogP contribution in [-0.2, 0) is 24.2 Å². The fourth-order valence-corrected chi connectivity index (χ4v) is 3.19. The lowest BCUT2D eigenvalue weighted by Gasteiger charge is -2.16. The second-order valence-corrected chi connectivity index (χ2v) is 6.18. The average Bonchev–Trinajstić information content (AvgIpc) is 2.83. The zero-order valence-electron chi connectivity index (χ0n) is 13.3. The molecule has 122 valence electrons. The van der Waals surface area contributed by atoms with E-state index in [-0.39, 0.29) is 0 Å². The summed E-state index contributed by atoms with van der Waals surface area (Å²) in [7, 11) is 0. The number of hydrogen-bond donors (Lipinski definition) is 2. The van der Waals surface area contributed by atoms with Crippen molar-refractivity contribution in [1.29, 1.82) is 0 Å². The van der Waals surface area contributed by atoms with E-state index in [1.54, 1.807) is 0 Å². The number of hydrogen-bond acceptors (Lipinski definition) is 3. The van der Waals surface area contributed by atoms with Gasteiger partial charge in [0.1, 0.15) is 0 Å². The number of rotatable bonds is 6. The SMILES string of the molecule is Clc1ccc2c(c1NCCOCc1ccccc1)CCNCC2. The molecule has 23 heavy (non-hydrogen) atoms. The van der Waals surface area contributed by atoms with Crippen molar-refractivity contribution in [2.24, 2.45) is 0 Å². The van der Waals surface area contributed by atoms with Gasteiger partial charge in [0.25, 0.3) is 0 Å². The minimum absolute atomic E-state index is 0.646. The van der Waals surface area contributed by atoms with Gasteiger partial charge in [0.2, 0.25) is 0 Å². The van der Waals surface area contributed by atoms with Crippen molar-refractivity contribution < 1.29 is 4.74 Å². The van der Waals surface area contributed by atoms with E-state index in [0.717, 1.165) is 43.2 Å². The Kier molecular flexibility index (Phi) is 5.92. The summed E-state index contributed by atoms with van der Waals surface area (Å²) in [5.74, 6) is 0. The Hall–Kier alpha value is -1.55. The molecule has 0 spiro atoms. The molecule has 2 aromatic rings. The minimum Gasteiger partial charge on any atom is -0.381 e. The summed E-state index contributed by atoms with van der Waals surface area (Å²) < 4.78 is 5.73. The molecule has 3 rings (SSSR count). The van der Waals surface area contributed by atoms with Crippen LogP contribution in [0.25, 0.3) is 0 Å². The van der Waals surface area contributed by atoms with Crippen LogP contribution in [0, 0.1) is 0 Å². The van der Waals surface area contributed by atoms with E-state index in [4.69, 9.17) is 16.3 Å².